The van der Waals surface area contributed by atoms with Gasteiger partial charge in [-0.3, -0.25) is 9.59 Å². The minimum atomic E-state index is -0.336. The van der Waals surface area contributed by atoms with Crippen LogP contribution >= 0.6 is 23.4 Å². The maximum absolute atomic E-state index is 13.1. The zero-order valence-corrected chi connectivity index (χ0v) is 21.9. The van der Waals surface area contributed by atoms with Crippen molar-refractivity contribution in [3.63, 3.8) is 0 Å². The molecule has 0 aliphatic heterocycles. The van der Waals surface area contributed by atoms with Crippen LogP contribution in [0.2, 0.25) is 5.02 Å². The molecule has 0 saturated heterocycles. The molecule has 4 aromatic carbocycles. The summed E-state index contributed by atoms with van der Waals surface area (Å²) in [6.07, 6.45) is 0.624. The molecule has 0 bridgehead atoms. The van der Waals surface area contributed by atoms with Crippen molar-refractivity contribution in [3.05, 3.63) is 95.0 Å². The van der Waals surface area contributed by atoms with Crippen LogP contribution in [0.4, 0.5) is 11.4 Å². The molecule has 184 valence electrons. The Hall–Kier alpha value is -3.48. The average molecular weight is 519 g/mol. The molecule has 0 aliphatic carbocycles. The fraction of sp³-hybridized carbons (Fsp3) is 0.172. The average Bonchev–Trinajstić information content (AvgIpc) is 2.89. The molecule has 4 aromatic rings. The number of ether oxygens (including phenoxy) is 1. The van der Waals surface area contributed by atoms with Crippen LogP contribution in [-0.2, 0) is 4.79 Å². The maximum atomic E-state index is 13.1. The van der Waals surface area contributed by atoms with Crippen molar-refractivity contribution in [2.75, 3.05) is 17.7 Å². The molecule has 0 heterocycles. The molecule has 0 radical (unpaired) electrons. The molecule has 0 aliphatic rings. The van der Waals surface area contributed by atoms with E-state index in [2.05, 4.69) is 10.6 Å². The summed E-state index contributed by atoms with van der Waals surface area (Å²) in [5, 5.41) is 8.28. The van der Waals surface area contributed by atoms with E-state index in [1.54, 1.807) is 19.2 Å². The maximum Gasteiger partial charge on any atom is 0.255 e. The van der Waals surface area contributed by atoms with Crippen LogP contribution in [0.15, 0.2) is 83.8 Å². The molecule has 1 unspecified atom stereocenters. The van der Waals surface area contributed by atoms with Crippen molar-refractivity contribution in [3.8, 4) is 5.75 Å². The normalized spacial score (nSPS) is 11.7. The standard InChI is InChI=1S/C29H27ClN2O3S/c1-4-27(29(34)32-25-14-18(2)24(30)17-26(25)35-3)36-23-11-7-10-22(16-23)31-28(33)21-13-12-19-8-5-6-9-20(19)15-21/h5-17,27H,4H2,1-3H3,(H,31,33)(H,32,34). The number of aryl methyl sites for hydroxylation is 1. The summed E-state index contributed by atoms with van der Waals surface area (Å²) in [7, 11) is 1.54. The summed E-state index contributed by atoms with van der Waals surface area (Å²) >= 11 is 7.63. The first-order chi connectivity index (χ1) is 17.4. The highest BCUT2D eigenvalue weighted by atomic mass is 35.5. The molecule has 2 amide bonds. The minimum Gasteiger partial charge on any atom is -0.495 e. The monoisotopic (exact) mass is 518 g/mol. The van der Waals surface area contributed by atoms with E-state index in [0.29, 0.717) is 34.1 Å². The van der Waals surface area contributed by atoms with Crippen LogP contribution in [0.1, 0.15) is 29.3 Å². The molecule has 4 rings (SSSR count). The zero-order valence-electron chi connectivity index (χ0n) is 20.3. The van der Waals surface area contributed by atoms with Gasteiger partial charge in [-0.2, -0.15) is 0 Å². The predicted molar refractivity (Wildman–Crippen MR) is 150 cm³/mol. The lowest BCUT2D eigenvalue weighted by atomic mass is 10.1. The van der Waals surface area contributed by atoms with Crippen molar-refractivity contribution in [1.82, 2.24) is 0 Å². The number of halogens is 1. The molecule has 36 heavy (non-hydrogen) atoms. The van der Waals surface area contributed by atoms with Gasteiger partial charge in [-0.1, -0.05) is 54.9 Å². The van der Waals surface area contributed by atoms with Crippen molar-refractivity contribution in [2.24, 2.45) is 0 Å². The van der Waals surface area contributed by atoms with E-state index >= 15 is 0 Å². The largest absolute Gasteiger partial charge is 0.495 e. The molecule has 7 heteroatoms. The second-order valence-corrected chi connectivity index (χ2v) is 10.0. The first-order valence-electron chi connectivity index (χ1n) is 11.6. The molecular weight excluding hydrogens is 492 g/mol. The summed E-state index contributed by atoms with van der Waals surface area (Å²) in [6, 6.07) is 24.6. The quantitative estimate of drug-likeness (QED) is 0.236. The number of nitrogens with one attached hydrogen (secondary N) is 2. The van der Waals surface area contributed by atoms with Gasteiger partial charge < -0.3 is 15.4 Å². The van der Waals surface area contributed by atoms with Gasteiger partial charge in [0.2, 0.25) is 5.91 Å². The highest BCUT2D eigenvalue weighted by molar-refractivity contribution is 8.00. The predicted octanol–water partition coefficient (Wildman–Crippen LogP) is 7.57. The van der Waals surface area contributed by atoms with Crippen LogP contribution in [0, 0.1) is 6.92 Å². The SMILES string of the molecule is CCC(Sc1cccc(NC(=O)c2ccc3ccccc3c2)c1)C(=O)Nc1cc(C)c(Cl)cc1OC. The van der Waals surface area contributed by atoms with Gasteiger partial charge in [0.25, 0.3) is 5.91 Å². The molecule has 1 atom stereocenters. The molecule has 0 spiro atoms. The summed E-state index contributed by atoms with van der Waals surface area (Å²) in [4.78, 5) is 26.8. The van der Waals surface area contributed by atoms with Gasteiger partial charge in [0, 0.05) is 27.2 Å². The lowest BCUT2D eigenvalue weighted by molar-refractivity contribution is -0.115. The summed E-state index contributed by atoms with van der Waals surface area (Å²) in [5.74, 6) is 0.197. The number of hydrogen-bond acceptors (Lipinski definition) is 4. The van der Waals surface area contributed by atoms with Crippen molar-refractivity contribution in [2.45, 2.75) is 30.4 Å². The number of thioether (sulfide) groups is 1. The lowest BCUT2D eigenvalue weighted by Gasteiger charge is -2.17. The summed E-state index contributed by atoms with van der Waals surface area (Å²) in [5.41, 5.74) is 2.69. The Bertz CT molecular complexity index is 1420. The Morgan fingerprint density at radius 3 is 2.47 bits per heavy atom. The van der Waals surface area contributed by atoms with Gasteiger partial charge in [0.15, 0.2) is 0 Å². The first kappa shape index (κ1) is 25.6. The molecular formula is C29H27ClN2O3S. The Morgan fingerprint density at radius 2 is 1.72 bits per heavy atom. The summed E-state index contributed by atoms with van der Waals surface area (Å²) < 4.78 is 5.38. The third kappa shape index (κ3) is 6.01. The number of fused-ring (bicyclic) bond motifs is 1. The number of amides is 2. The third-order valence-corrected chi connectivity index (χ3v) is 7.55. The number of methoxy groups -OCH3 is 1. The van der Waals surface area contributed by atoms with Crippen LogP contribution in [-0.4, -0.2) is 24.2 Å². The van der Waals surface area contributed by atoms with Gasteiger partial charge in [0.05, 0.1) is 18.0 Å². The third-order valence-electron chi connectivity index (χ3n) is 5.78. The number of carbonyl (C=O) groups is 2. The van der Waals surface area contributed by atoms with Gasteiger partial charge in [-0.15, -0.1) is 11.8 Å². The molecule has 5 nitrogen and oxygen atoms in total. The van der Waals surface area contributed by atoms with Crippen LogP contribution < -0.4 is 15.4 Å². The van der Waals surface area contributed by atoms with Crippen molar-refractivity contribution in [1.29, 1.82) is 0 Å². The van der Waals surface area contributed by atoms with Gasteiger partial charge in [-0.05, 0) is 66.1 Å². The number of hydrogen-bond donors (Lipinski definition) is 2. The molecule has 2 N–H and O–H groups in total. The van der Waals surface area contributed by atoms with E-state index in [1.165, 1.54) is 11.8 Å². The topological polar surface area (TPSA) is 67.4 Å². The molecule has 0 fully saturated rings. The molecule has 0 aromatic heterocycles. The van der Waals surface area contributed by atoms with Gasteiger partial charge in [0.1, 0.15) is 5.75 Å². The Kier molecular flexibility index (Phi) is 8.18. The van der Waals surface area contributed by atoms with Crippen LogP contribution in [0.3, 0.4) is 0 Å². The minimum absolute atomic E-state index is 0.131. The van der Waals surface area contributed by atoms with Crippen molar-refractivity contribution < 1.29 is 14.3 Å². The van der Waals surface area contributed by atoms with Gasteiger partial charge >= 0.3 is 0 Å². The highest BCUT2D eigenvalue weighted by Crippen LogP contribution is 2.33. The van der Waals surface area contributed by atoms with E-state index in [1.807, 2.05) is 80.6 Å². The second kappa shape index (κ2) is 11.5. The van der Waals surface area contributed by atoms with Crippen LogP contribution in [0.25, 0.3) is 10.8 Å². The van der Waals surface area contributed by atoms with E-state index in [9.17, 15) is 9.59 Å². The summed E-state index contributed by atoms with van der Waals surface area (Å²) in [6.45, 7) is 3.84. The van der Waals surface area contributed by atoms with E-state index in [4.69, 9.17) is 16.3 Å². The van der Waals surface area contributed by atoms with Gasteiger partial charge in [-0.25, -0.2) is 0 Å². The van der Waals surface area contributed by atoms with E-state index < -0.39 is 0 Å². The second-order valence-electron chi connectivity index (χ2n) is 8.35. The van der Waals surface area contributed by atoms with E-state index in [-0.39, 0.29) is 17.1 Å². The fourth-order valence-corrected chi connectivity index (χ4v) is 4.98. The van der Waals surface area contributed by atoms with Crippen LogP contribution in [0.5, 0.6) is 5.75 Å². The highest BCUT2D eigenvalue weighted by Gasteiger charge is 2.20. The smallest absolute Gasteiger partial charge is 0.255 e. The Morgan fingerprint density at radius 1 is 0.944 bits per heavy atom. The molecule has 0 saturated carbocycles. The number of carbonyl (C=O) groups excluding carboxylic acids is 2. The Balaban J connectivity index is 1.45. The zero-order chi connectivity index (χ0) is 25.7. The fourth-order valence-electron chi connectivity index (χ4n) is 3.81. The van der Waals surface area contributed by atoms with Crippen molar-refractivity contribution >= 4 is 57.3 Å². The Labute approximate surface area is 220 Å². The number of anilines is 2. The van der Waals surface area contributed by atoms with E-state index in [0.717, 1.165) is 21.2 Å². The lowest BCUT2D eigenvalue weighted by Crippen LogP contribution is -2.24. The number of benzene rings is 4. The number of rotatable bonds is 8. The first-order valence-corrected chi connectivity index (χ1v) is 12.9.